The minimum atomic E-state index is -0.554. The highest BCUT2D eigenvalue weighted by molar-refractivity contribution is 9.10. The lowest BCUT2D eigenvalue weighted by molar-refractivity contribution is -0.144. The molecule has 1 aromatic heterocycles. The van der Waals surface area contributed by atoms with Gasteiger partial charge in [-0.1, -0.05) is 40.2 Å². The maximum Gasteiger partial charge on any atom is 0.312 e. The molecule has 0 radical (unpaired) electrons. The molecule has 2 aromatic carbocycles. The number of nitrogens with one attached hydrogen (secondary N) is 1. The van der Waals surface area contributed by atoms with Gasteiger partial charge in [0.1, 0.15) is 12.4 Å². The first-order chi connectivity index (χ1) is 11.5. The van der Waals surface area contributed by atoms with Crippen molar-refractivity contribution >= 4 is 32.7 Å². The van der Waals surface area contributed by atoms with Gasteiger partial charge in [0.25, 0.3) is 5.56 Å². The summed E-state index contributed by atoms with van der Waals surface area (Å²) in [7, 11) is 0. The molecular formula is C17H12BrFN2O3. The minimum absolute atomic E-state index is 0.116. The summed E-state index contributed by atoms with van der Waals surface area (Å²) >= 11 is 3.16. The highest BCUT2D eigenvalue weighted by atomic mass is 79.9. The van der Waals surface area contributed by atoms with Gasteiger partial charge in [-0.15, -0.1) is 0 Å². The summed E-state index contributed by atoms with van der Waals surface area (Å²) in [5.41, 5.74) is 0.372. The Balaban J connectivity index is 1.74. The summed E-state index contributed by atoms with van der Waals surface area (Å²) in [6, 6.07) is 11.4. The fourth-order valence-corrected chi connectivity index (χ4v) is 2.62. The molecule has 0 saturated carbocycles. The van der Waals surface area contributed by atoms with E-state index in [-0.39, 0.29) is 24.2 Å². The molecule has 1 heterocycles. The van der Waals surface area contributed by atoms with Crippen molar-refractivity contribution in [2.24, 2.45) is 0 Å². The van der Waals surface area contributed by atoms with Gasteiger partial charge in [0.15, 0.2) is 0 Å². The molecule has 24 heavy (non-hydrogen) atoms. The highest BCUT2D eigenvalue weighted by Gasteiger charge is 2.13. The molecule has 0 bridgehead atoms. The third-order valence-corrected chi connectivity index (χ3v) is 3.98. The number of nitrogens with zero attached hydrogens (tertiary/aromatic N) is 1. The van der Waals surface area contributed by atoms with E-state index in [2.05, 4.69) is 26.1 Å². The van der Waals surface area contributed by atoms with Gasteiger partial charge in [-0.25, -0.2) is 9.49 Å². The molecule has 3 aromatic rings. The Morgan fingerprint density at radius 1 is 1.21 bits per heavy atom. The fourth-order valence-electron chi connectivity index (χ4n) is 2.29. The van der Waals surface area contributed by atoms with Gasteiger partial charge < -0.3 is 4.74 Å². The SMILES string of the molecule is O=C(Cc1n[nH]c(=O)c2ccccc12)OCc1ccc(Br)cc1F. The lowest BCUT2D eigenvalue weighted by Gasteiger charge is -2.07. The van der Waals surface area contributed by atoms with Crippen LogP contribution >= 0.6 is 15.9 Å². The molecule has 3 rings (SSSR count). The average Bonchev–Trinajstić information content (AvgIpc) is 2.57. The lowest BCUT2D eigenvalue weighted by atomic mass is 10.1. The van der Waals surface area contributed by atoms with Crippen molar-refractivity contribution in [3.05, 3.63) is 74.4 Å². The summed E-state index contributed by atoms with van der Waals surface area (Å²) in [6.45, 7) is -0.167. The van der Waals surface area contributed by atoms with Crippen molar-refractivity contribution < 1.29 is 13.9 Å². The van der Waals surface area contributed by atoms with Gasteiger partial charge in [-0.2, -0.15) is 5.10 Å². The minimum Gasteiger partial charge on any atom is -0.460 e. The van der Waals surface area contributed by atoms with Gasteiger partial charge in [-0.05, 0) is 18.2 Å². The van der Waals surface area contributed by atoms with Crippen molar-refractivity contribution in [2.75, 3.05) is 0 Å². The zero-order chi connectivity index (χ0) is 17.1. The summed E-state index contributed by atoms with van der Waals surface area (Å²) in [4.78, 5) is 23.7. The van der Waals surface area contributed by atoms with E-state index in [1.807, 2.05) is 0 Å². The number of H-pyrrole nitrogens is 1. The van der Waals surface area contributed by atoms with Crippen LogP contribution in [0.15, 0.2) is 51.7 Å². The molecule has 7 heteroatoms. The Kier molecular flexibility index (Phi) is 4.71. The predicted octanol–water partition coefficient (Wildman–Crippen LogP) is 3.11. The van der Waals surface area contributed by atoms with Gasteiger partial charge in [0.05, 0.1) is 17.5 Å². The first kappa shape index (κ1) is 16.3. The molecule has 5 nitrogen and oxygen atoms in total. The second kappa shape index (κ2) is 6.92. The van der Waals surface area contributed by atoms with Crippen LogP contribution in [0.3, 0.4) is 0 Å². The molecule has 0 aliphatic rings. The van der Waals surface area contributed by atoms with E-state index in [9.17, 15) is 14.0 Å². The quantitative estimate of drug-likeness (QED) is 0.694. The zero-order valence-electron chi connectivity index (χ0n) is 12.4. The van der Waals surface area contributed by atoms with Crippen molar-refractivity contribution in [1.82, 2.24) is 10.2 Å². The van der Waals surface area contributed by atoms with E-state index in [0.29, 0.717) is 20.9 Å². The number of esters is 1. The second-order valence-electron chi connectivity index (χ2n) is 5.12. The topological polar surface area (TPSA) is 72.0 Å². The van der Waals surface area contributed by atoms with Crippen molar-refractivity contribution in [1.29, 1.82) is 0 Å². The molecule has 0 atom stereocenters. The van der Waals surface area contributed by atoms with E-state index >= 15 is 0 Å². The van der Waals surface area contributed by atoms with E-state index in [4.69, 9.17) is 4.74 Å². The smallest absolute Gasteiger partial charge is 0.312 e. The Morgan fingerprint density at radius 2 is 1.96 bits per heavy atom. The van der Waals surface area contributed by atoms with Crippen LogP contribution in [-0.4, -0.2) is 16.2 Å². The number of aromatic nitrogens is 2. The van der Waals surface area contributed by atoms with E-state index in [0.717, 1.165) is 0 Å². The monoisotopic (exact) mass is 390 g/mol. The third kappa shape index (κ3) is 3.51. The number of hydrogen-bond acceptors (Lipinski definition) is 4. The van der Waals surface area contributed by atoms with Crippen LogP contribution in [0.2, 0.25) is 0 Å². The molecule has 0 saturated heterocycles. The summed E-state index contributed by atoms with van der Waals surface area (Å²) in [5, 5.41) is 7.31. The van der Waals surface area contributed by atoms with Crippen LogP contribution in [0.1, 0.15) is 11.3 Å². The number of fused-ring (bicyclic) bond motifs is 1. The first-order valence-corrected chi connectivity index (χ1v) is 7.90. The lowest BCUT2D eigenvalue weighted by Crippen LogP contribution is -2.15. The van der Waals surface area contributed by atoms with Crippen LogP contribution in [0, 0.1) is 5.82 Å². The van der Waals surface area contributed by atoms with Crippen LogP contribution in [0.4, 0.5) is 4.39 Å². The standard InChI is InChI=1S/C17H12BrFN2O3/c18-11-6-5-10(14(19)7-11)9-24-16(22)8-15-12-3-1-2-4-13(12)17(23)21-20-15/h1-7H,8-9H2,(H,21,23). The molecule has 0 fully saturated rings. The molecule has 0 aliphatic carbocycles. The normalized spacial score (nSPS) is 10.8. The second-order valence-corrected chi connectivity index (χ2v) is 6.03. The molecule has 0 amide bonds. The molecule has 0 spiro atoms. The van der Waals surface area contributed by atoms with E-state index in [1.54, 1.807) is 36.4 Å². The third-order valence-electron chi connectivity index (χ3n) is 3.49. The van der Waals surface area contributed by atoms with Crippen LogP contribution < -0.4 is 5.56 Å². The van der Waals surface area contributed by atoms with Gasteiger partial charge in [-0.3, -0.25) is 9.59 Å². The van der Waals surface area contributed by atoms with Gasteiger partial charge in [0.2, 0.25) is 0 Å². The Hall–Kier alpha value is -2.54. The maximum absolute atomic E-state index is 13.7. The number of hydrogen-bond donors (Lipinski definition) is 1. The number of benzene rings is 2. The number of aromatic amines is 1. The zero-order valence-corrected chi connectivity index (χ0v) is 14.0. The molecular weight excluding hydrogens is 379 g/mol. The molecule has 0 aliphatic heterocycles. The van der Waals surface area contributed by atoms with Crippen molar-refractivity contribution in [3.63, 3.8) is 0 Å². The summed E-state index contributed by atoms with van der Waals surface area (Å²) in [5.74, 6) is -1.01. The summed E-state index contributed by atoms with van der Waals surface area (Å²) < 4.78 is 19.4. The number of ether oxygens (including phenoxy) is 1. The molecule has 122 valence electrons. The summed E-state index contributed by atoms with van der Waals surface area (Å²) in [6.07, 6.45) is -0.116. The molecule has 1 N–H and O–H groups in total. The van der Waals surface area contributed by atoms with Crippen LogP contribution in [-0.2, 0) is 22.6 Å². The average molecular weight is 391 g/mol. The highest BCUT2D eigenvalue weighted by Crippen LogP contribution is 2.17. The van der Waals surface area contributed by atoms with E-state index < -0.39 is 11.8 Å². The Morgan fingerprint density at radius 3 is 2.71 bits per heavy atom. The number of carbonyl (C=O) groups excluding carboxylic acids is 1. The van der Waals surface area contributed by atoms with Crippen molar-refractivity contribution in [2.45, 2.75) is 13.0 Å². The van der Waals surface area contributed by atoms with Crippen molar-refractivity contribution in [3.8, 4) is 0 Å². The fraction of sp³-hybridized carbons (Fsp3) is 0.118. The number of halogens is 2. The predicted molar refractivity (Wildman–Crippen MR) is 90.0 cm³/mol. The number of carbonyl (C=O) groups is 1. The van der Waals surface area contributed by atoms with Crippen LogP contribution in [0.25, 0.3) is 10.8 Å². The first-order valence-electron chi connectivity index (χ1n) is 7.10. The Bertz CT molecular complexity index is 971. The van der Waals surface area contributed by atoms with Gasteiger partial charge in [0, 0.05) is 15.4 Å². The van der Waals surface area contributed by atoms with Crippen LogP contribution in [0.5, 0.6) is 0 Å². The Labute approximate surface area is 144 Å². The van der Waals surface area contributed by atoms with E-state index in [1.165, 1.54) is 6.07 Å². The number of rotatable bonds is 4. The molecule has 0 unspecified atom stereocenters. The maximum atomic E-state index is 13.7. The largest absolute Gasteiger partial charge is 0.460 e. The van der Waals surface area contributed by atoms with Gasteiger partial charge >= 0.3 is 5.97 Å².